The van der Waals surface area contributed by atoms with Gasteiger partial charge >= 0.3 is 0 Å². The zero-order chi connectivity index (χ0) is 16.8. The Morgan fingerprint density at radius 3 is 2.83 bits per heavy atom. The van der Waals surface area contributed by atoms with Crippen LogP contribution in [0, 0.1) is 5.82 Å². The van der Waals surface area contributed by atoms with Gasteiger partial charge in [0.2, 0.25) is 0 Å². The molecule has 24 heavy (non-hydrogen) atoms. The third-order valence-corrected chi connectivity index (χ3v) is 4.92. The minimum atomic E-state index is -0.390. The lowest BCUT2D eigenvalue weighted by atomic mass is 10.1. The predicted octanol–water partition coefficient (Wildman–Crippen LogP) is 2.28. The van der Waals surface area contributed by atoms with Crippen LogP contribution in [0.25, 0.3) is 10.9 Å². The van der Waals surface area contributed by atoms with E-state index >= 15 is 0 Å². The summed E-state index contributed by atoms with van der Waals surface area (Å²) in [5.74, 6) is 0.0859. The summed E-state index contributed by atoms with van der Waals surface area (Å²) >= 11 is 0. The van der Waals surface area contributed by atoms with Crippen LogP contribution in [0.5, 0.6) is 5.75 Å². The van der Waals surface area contributed by atoms with Crippen LogP contribution >= 0.6 is 0 Å². The number of fused-ring (bicyclic) bond motifs is 1. The van der Waals surface area contributed by atoms with Crippen molar-refractivity contribution in [1.29, 1.82) is 0 Å². The average molecular weight is 331 g/mol. The summed E-state index contributed by atoms with van der Waals surface area (Å²) < 4.78 is 22.6. The number of hydrogen-bond acceptors (Lipinski definition) is 4. The molecule has 1 aromatic carbocycles. The molecule has 1 unspecified atom stereocenters. The van der Waals surface area contributed by atoms with Gasteiger partial charge in [0.05, 0.1) is 18.0 Å². The van der Waals surface area contributed by atoms with Crippen LogP contribution in [0.15, 0.2) is 23.1 Å². The van der Waals surface area contributed by atoms with Crippen LogP contribution in [-0.2, 0) is 0 Å². The van der Waals surface area contributed by atoms with Crippen molar-refractivity contribution in [3.63, 3.8) is 0 Å². The maximum absolute atomic E-state index is 14.9. The van der Waals surface area contributed by atoms with Crippen molar-refractivity contribution >= 4 is 16.6 Å². The zero-order valence-electron chi connectivity index (χ0n) is 14.0. The maximum Gasteiger partial charge on any atom is 0.189 e. The number of piperazine rings is 1. The first-order valence-corrected chi connectivity index (χ1v) is 8.50. The number of pyridine rings is 1. The number of nitrogens with one attached hydrogen (secondary N) is 1. The Labute approximate surface area is 140 Å². The number of ether oxygens (including phenoxy) is 1. The number of nitrogens with zero attached hydrogens (tertiary/aromatic N) is 2. The van der Waals surface area contributed by atoms with Gasteiger partial charge in [0, 0.05) is 44.0 Å². The van der Waals surface area contributed by atoms with E-state index < -0.39 is 0 Å². The second-order valence-electron chi connectivity index (χ2n) is 6.76. The molecule has 0 spiro atoms. The van der Waals surface area contributed by atoms with Gasteiger partial charge in [0.15, 0.2) is 17.0 Å². The molecule has 1 aliphatic heterocycles. The first kappa shape index (κ1) is 15.4. The van der Waals surface area contributed by atoms with E-state index in [2.05, 4.69) is 16.8 Å². The Balaban J connectivity index is 1.98. The SMILES string of the molecule is COc1c(N2CCNC(C)C2)c(F)cc2c(=O)ccn(C3CC3)c12. The molecule has 1 aliphatic carbocycles. The molecule has 2 aliphatic rings. The summed E-state index contributed by atoms with van der Waals surface area (Å²) in [5, 5.41) is 3.76. The first-order valence-electron chi connectivity index (χ1n) is 8.50. The number of rotatable bonds is 3. The molecule has 1 atom stereocenters. The van der Waals surface area contributed by atoms with Crippen molar-refractivity contribution in [2.45, 2.75) is 31.8 Å². The van der Waals surface area contributed by atoms with Gasteiger partial charge in [0.1, 0.15) is 5.69 Å². The Hall–Kier alpha value is -2.08. The summed E-state index contributed by atoms with van der Waals surface area (Å²) in [4.78, 5) is 14.3. The molecular weight excluding hydrogens is 309 g/mol. The van der Waals surface area contributed by atoms with Gasteiger partial charge in [-0.1, -0.05) is 0 Å². The van der Waals surface area contributed by atoms with Gasteiger partial charge in [0.25, 0.3) is 0 Å². The van der Waals surface area contributed by atoms with Crippen LogP contribution in [0.1, 0.15) is 25.8 Å². The molecular formula is C18H22FN3O2. The topological polar surface area (TPSA) is 46.5 Å². The Kier molecular flexibility index (Phi) is 3.72. The number of methoxy groups -OCH3 is 1. The highest BCUT2D eigenvalue weighted by Crippen LogP contribution is 2.43. The van der Waals surface area contributed by atoms with Gasteiger partial charge in [-0.2, -0.15) is 0 Å². The van der Waals surface area contributed by atoms with E-state index in [1.807, 2.05) is 11.1 Å². The predicted molar refractivity (Wildman–Crippen MR) is 92.7 cm³/mol. The molecule has 1 saturated carbocycles. The largest absolute Gasteiger partial charge is 0.492 e. The second-order valence-corrected chi connectivity index (χ2v) is 6.76. The first-order chi connectivity index (χ1) is 11.6. The van der Waals surface area contributed by atoms with Gasteiger partial charge in [-0.15, -0.1) is 0 Å². The molecule has 5 nitrogen and oxygen atoms in total. The minimum Gasteiger partial charge on any atom is -0.492 e. The smallest absolute Gasteiger partial charge is 0.189 e. The molecule has 2 heterocycles. The fraction of sp³-hybridized carbons (Fsp3) is 0.500. The molecule has 0 radical (unpaired) electrons. The van der Waals surface area contributed by atoms with Crippen molar-refractivity contribution < 1.29 is 9.13 Å². The lowest BCUT2D eigenvalue weighted by Crippen LogP contribution is -2.49. The highest BCUT2D eigenvalue weighted by molar-refractivity contribution is 5.91. The summed E-state index contributed by atoms with van der Waals surface area (Å²) in [5.41, 5.74) is 1.02. The molecule has 2 aromatic rings. The van der Waals surface area contributed by atoms with Crippen LogP contribution in [0.3, 0.4) is 0 Å². The Morgan fingerprint density at radius 1 is 1.38 bits per heavy atom. The van der Waals surface area contributed by atoms with Gasteiger partial charge in [-0.25, -0.2) is 4.39 Å². The summed E-state index contributed by atoms with van der Waals surface area (Å²) in [7, 11) is 1.55. The number of anilines is 1. The normalized spacial score (nSPS) is 21.3. The quantitative estimate of drug-likeness (QED) is 0.937. The molecule has 128 valence electrons. The van der Waals surface area contributed by atoms with Crippen LogP contribution < -0.4 is 20.4 Å². The molecule has 0 bridgehead atoms. The molecule has 4 rings (SSSR count). The van der Waals surface area contributed by atoms with Crippen molar-refractivity contribution in [1.82, 2.24) is 9.88 Å². The molecule has 2 fully saturated rings. The molecule has 0 amide bonds. The molecule has 1 N–H and O–H groups in total. The summed E-state index contributed by atoms with van der Waals surface area (Å²) in [6.07, 6.45) is 3.98. The van der Waals surface area contributed by atoms with Crippen molar-refractivity contribution in [2.24, 2.45) is 0 Å². The fourth-order valence-electron chi connectivity index (χ4n) is 3.64. The Bertz CT molecular complexity index is 844. The molecule has 1 saturated heterocycles. The summed E-state index contributed by atoms with van der Waals surface area (Å²) in [6, 6.07) is 3.55. The lowest BCUT2D eigenvalue weighted by Gasteiger charge is -2.35. The van der Waals surface area contributed by atoms with E-state index in [1.165, 1.54) is 12.1 Å². The van der Waals surface area contributed by atoms with Crippen LogP contribution in [-0.4, -0.2) is 37.4 Å². The van der Waals surface area contributed by atoms with Gasteiger partial charge < -0.3 is 19.5 Å². The van der Waals surface area contributed by atoms with Crippen molar-refractivity contribution in [2.75, 3.05) is 31.6 Å². The zero-order valence-corrected chi connectivity index (χ0v) is 14.0. The monoisotopic (exact) mass is 331 g/mol. The third kappa shape index (κ3) is 2.45. The minimum absolute atomic E-state index is 0.167. The third-order valence-electron chi connectivity index (χ3n) is 4.92. The van der Waals surface area contributed by atoms with Crippen molar-refractivity contribution in [3.05, 3.63) is 34.4 Å². The van der Waals surface area contributed by atoms with E-state index in [9.17, 15) is 9.18 Å². The van der Waals surface area contributed by atoms with Crippen LogP contribution in [0.4, 0.5) is 10.1 Å². The van der Waals surface area contributed by atoms with Crippen molar-refractivity contribution in [3.8, 4) is 5.75 Å². The number of halogens is 1. The fourth-order valence-corrected chi connectivity index (χ4v) is 3.64. The van der Waals surface area contributed by atoms with E-state index in [0.29, 0.717) is 36.0 Å². The maximum atomic E-state index is 14.9. The highest BCUT2D eigenvalue weighted by Gasteiger charge is 2.30. The van der Waals surface area contributed by atoms with Crippen LogP contribution in [0.2, 0.25) is 0 Å². The standard InChI is InChI=1S/C18H22FN3O2/c1-11-10-21(8-6-20-11)17-14(19)9-13-15(23)5-7-22(12-3-4-12)16(13)18(17)24-2/h5,7,9,11-12,20H,3-4,6,8,10H2,1-2H3. The van der Waals surface area contributed by atoms with Gasteiger partial charge in [-0.3, -0.25) is 4.79 Å². The number of benzene rings is 1. The highest BCUT2D eigenvalue weighted by atomic mass is 19.1. The van der Waals surface area contributed by atoms with E-state index in [0.717, 1.165) is 24.9 Å². The Morgan fingerprint density at radius 2 is 2.17 bits per heavy atom. The van der Waals surface area contributed by atoms with E-state index in [-0.39, 0.29) is 17.3 Å². The molecule has 1 aromatic heterocycles. The summed E-state index contributed by atoms with van der Waals surface area (Å²) in [6.45, 7) is 4.30. The average Bonchev–Trinajstić information content (AvgIpc) is 3.39. The van der Waals surface area contributed by atoms with E-state index in [4.69, 9.17) is 4.74 Å². The van der Waals surface area contributed by atoms with E-state index in [1.54, 1.807) is 7.11 Å². The van der Waals surface area contributed by atoms with Gasteiger partial charge in [-0.05, 0) is 25.8 Å². The number of aromatic nitrogens is 1. The number of hydrogen-bond donors (Lipinski definition) is 1. The molecule has 6 heteroatoms. The lowest BCUT2D eigenvalue weighted by molar-refractivity contribution is 0.407. The second kappa shape index (κ2) is 5.77.